The van der Waals surface area contributed by atoms with Crippen LogP contribution in [0.4, 0.5) is 0 Å². The van der Waals surface area contributed by atoms with Crippen LogP contribution >= 0.6 is 0 Å². The quantitative estimate of drug-likeness (QED) is 0.281. The molecule has 0 heterocycles. The number of carbonyl (C=O) groups excluding carboxylic acids is 1. The van der Waals surface area contributed by atoms with Gasteiger partial charge < -0.3 is 8.85 Å². The van der Waals surface area contributed by atoms with Crippen molar-refractivity contribution in [1.82, 2.24) is 0 Å². The van der Waals surface area contributed by atoms with Crippen LogP contribution < -0.4 is 0 Å². The number of hydrogen-bond donors (Lipinski definition) is 0. The molecule has 3 nitrogen and oxygen atoms in total. The van der Waals surface area contributed by atoms with Gasteiger partial charge in [-0.2, -0.15) is 0 Å². The lowest BCUT2D eigenvalue weighted by atomic mass is 10.2. The molecule has 27 heavy (non-hydrogen) atoms. The van der Waals surface area contributed by atoms with Gasteiger partial charge in [-0.1, -0.05) is 81.1 Å². The normalized spacial score (nSPS) is 14.9. The fraction of sp³-hybridized carbons (Fsp3) is 0.955. The van der Waals surface area contributed by atoms with Crippen molar-refractivity contribution in [3.63, 3.8) is 0 Å². The highest BCUT2D eigenvalue weighted by molar-refractivity contribution is 6.80. The Kier molecular flexibility index (Phi) is 10.5. The van der Waals surface area contributed by atoms with Gasteiger partial charge in [0.1, 0.15) is 0 Å². The summed E-state index contributed by atoms with van der Waals surface area (Å²) in [6.45, 7) is 24.0. The van der Waals surface area contributed by atoms with Gasteiger partial charge in [-0.25, -0.2) is 0 Å². The van der Waals surface area contributed by atoms with E-state index in [0.29, 0.717) is 9.76 Å². The second kappa shape index (κ2) is 10.6. The molecule has 0 aliphatic heterocycles. The third-order valence-electron chi connectivity index (χ3n) is 5.25. The average molecular weight is 415 g/mol. The molecule has 0 aliphatic carbocycles. The number of carbonyl (C=O) groups is 1. The van der Waals surface area contributed by atoms with E-state index < -0.39 is 8.32 Å². The van der Waals surface area contributed by atoms with Crippen molar-refractivity contribution < 1.29 is 13.6 Å². The zero-order chi connectivity index (χ0) is 21.5. The van der Waals surface area contributed by atoms with Crippen molar-refractivity contribution >= 4 is 24.0 Å². The minimum Gasteiger partial charge on any atom is -0.518 e. The summed E-state index contributed by atoms with van der Waals surface area (Å²) >= 11 is 0. The van der Waals surface area contributed by atoms with Gasteiger partial charge in [0.2, 0.25) is 9.76 Å². The van der Waals surface area contributed by atoms with Gasteiger partial charge in [0.15, 0.2) is 0 Å². The predicted molar refractivity (Wildman–Crippen MR) is 121 cm³/mol. The van der Waals surface area contributed by atoms with Crippen LogP contribution in [0.3, 0.4) is 0 Å². The van der Waals surface area contributed by atoms with Crippen molar-refractivity contribution in [2.75, 3.05) is 0 Å². The standard InChI is InChI=1S/C22H46O3Si2/c1-12-13-14-15-16-27(21(6,7)8,22(9,10)11)24-19(23)18(2)17-26-25-20(3,4)5/h18H,12-17H2,1-11H3. The number of rotatable bonds is 10. The van der Waals surface area contributed by atoms with Crippen LogP contribution in [0.2, 0.25) is 22.2 Å². The first-order chi connectivity index (χ1) is 12.1. The summed E-state index contributed by atoms with van der Waals surface area (Å²) < 4.78 is 12.4. The summed E-state index contributed by atoms with van der Waals surface area (Å²) in [5.41, 5.74) is -0.156. The third-order valence-corrected chi connectivity index (χ3v) is 13.2. The molecule has 0 aromatic rings. The van der Waals surface area contributed by atoms with Crippen molar-refractivity contribution in [1.29, 1.82) is 0 Å². The first-order valence-corrected chi connectivity index (χ1v) is 13.9. The molecule has 0 saturated heterocycles. The Labute approximate surface area is 173 Å². The van der Waals surface area contributed by atoms with Gasteiger partial charge in [-0.3, -0.25) is 4.79 Å². The first kappa shape index (κ1) is 26.9. The van der Waals surface area contributed by atoms with Gasteiger partial charge >= 0.3 is 0 Å². The van der Waals surface area contributed by atoms with Crippen molar-refractivity contribution in [2.45, 2.75) is 130 Å². The van der Waals surface area contributed by atoms with E-state index in [4.69, 9.17) is 8.85 Å². The fourth-order valence-corrected chi connectivity index (χ4v) is 10.5. The smallest absolute Gasteiger partial charge is 0.295 e. The molecule has 0 bridgehead atoms. The van der Waals surface area contributed by atoms with E-state index in [0.717, 1.165) is 18.5 Å². The molecule has 5 heteroatoms. The molecular weight excluding hydrogens is 368 g/mol. The van der Waals surface area contributed by atoms with Crippen LogP contribution in [0.1, 0.15) is 102 Å². The summed E-state index contributed by atoms with van der Waals surface area (Å²) in [5, 5.41) is 0.0219. The summed E-state index contributed by atoms with van der Waals surface area (Å²) in [4.78, 5) is 13.1. The van der Waals surface area contributed by atoms with E-state index in [1.807, 2.05) is 6.92 Å². The maximum Gasteiger partial charge on any atom is 0.295 e. The Bertz CT molecular complexity index is 428. The Morgan fingerprint density at radius 1 is 0.926 bits per heavy atom. The molecule has 0 aromatic heterocycles. The van der Waals surface area contributed by atoms with Gasteiger partial charge in [0, 0.05) is 5.60 Å². The molecule has 0 saturated carbocycles. The summed E-state index contributed by atoms with van der Waals surface area (Å²) in [6, 6.07) is 1.80. The van der Waals surface area contributed by atoms with Crippen LogP contribution in [0.5, 0.6) is 0 Å². The molecule has 0 rings (SSSR count). The van der Waals surface area contributed by atoms with E-state index in [1.165, 1.54) is 19.3 Å². The Morgan fingerprint density at radius 2 is 1.44 bits per heavy atom. The summed E-state index contributed by atoms with van der Waals surface area (Å²) in [6.07, 6.45) is 4.87. The zero-order valence-corrected chi connectivity index (χ0v) is 22.0. The molecule has 2 radical (unpaired) electrons. The topological polar surface area (TPSA) is 35.5 Å². The molecular formula is C22H46O3Si2. The van der Waals surface area contributed by atoms with Crippen molar-refractivity contribution in [3.8, 4) is 0 Å². The molecule has 0 fully saturated rings. The van der Waals surface area contributed by atoms with Crippen molar-refractivity contribution in [2.24, 2.45) is 5.92 Å². The molecule has 1 unspecified atom stereocenters. The highest BCUT2D eigenvalue weighted by atomic mass is 28.4. The second-order valence-electron chi connectivity index (χ2n) is 11.0. The minimum absolute atomic E-state index is 0.0110. The third kappa shape index (κ3) is 8.82. The van der Waals surface area contributed by atoms with Crippen LogP contribution in [-0.4, -0.2) is 29.7 Å². The molecule has 0 aromatic carbocycles. The fourth-order valence-electron chi connectivity index (χ4n) is 3.77. The lowest BCUT2D eigenvalue weighted by molar-refractivity contribution is -0.139. The van der Waals surface area contributed by atoms with Crippen LogP contribution in [0, 0.1) is 5.92 Å². The molecule has 0 N–H and O–H groups in total. The first-order valence-electron chi connectivity index (χ1n) is 10.7. The molecule has 160 valence electrons. The van der Waals surface area contributed by atoms with E-state index in [2.05, 4.69) is 69.2 Å². The van der Waals surface area contributed by atoms with E-state index in [9.17, 15) is 4.79 Å². The summed E-state index contributed by atoms with van der Waals surface area (Å²) in [5.74, 6) is -0.134. The van der Waals surface area contributed by atoms with Crippen LogP contribution in [0.15, 0.2) is 0 Å². The van der Waals surface area contributed by atoms with Gasteiger partial charge in [-0.05, 0) is 42.9 Å². The average Bonchev–Trinajstić information content (AvgIpc) is 2.46. The van der Waals surface area contributed by atoms with Gasteiger partial charge in [0.25, 0.3) is 14.3 Å². The van der Waals surface area contributed by atoms with E-state index >= 15 is 0 Å². The maximum atomic E-state index is 13.1. The minimum atomic E-state index is -2.34. The van der Waals surface area contributed by atoms with Gasteiger partial charge in [0.05, 0.1) is 5.92 Å². The van der Waals surface area contributed by atoms with Crippen LogP contribution in [-0.2, 0) is 13.6 Å². The predicted octanol–water partition coefficient (Wildman–Crippen LogP) is 7.14. The Morgan fingerprint density at radius 3 is 1.85 bits per heavy atom. The molecule has 1 atom stereocenters. The monoisotopic (exact) mass is 414 g/mol. The Balaban J connectivity index is 5.29. The summed E-state index contributed by atoms with van der Waals surface area (Å²) in [7, 11) is -2.01. The van der Waals surface area contributed by atoms with Gasteiger partial charge in [-0.15, -0.1) is 0 Å². The highest BCUT2D eigenvalue weighted by Gasteiger charge is 2.57. The van der Waals surface area contributed by atoms with E-state index in [-0.39, 0.29) is 27.6 Å². The molecule has 0 spiro atoms. The number of unbranched alkanes of at least 4 members (excludes halogenated alkanes) is 3. The highest BCUT2D eigenvalue weighted by Crippen LogP contribution is 2.54. The lowest BCUT2D eigenvalue weighted by Gasteiger charge is -2.50. The SMILES string of the molecule is CCCCCC[Si](OC(=O)C(C)C[Si]OC(C)(C)C)(C(C)(C)C)C(C)(C)C. The number of hydrogen-bond acceptors (Lipinski definition) is 3. The zero-order valence-electron chi connectivity index (χ0n) is 20.0. The molecule has 0 amide bonds. The largest absolute Gasteiger partial charge is 0.518 e. The second-order valence-corrected chi connectivity index (χ2v) is 17.3. The van der Waals surface area contributed by atoms with Crippen LogP contribution in [0.25, 0.3) is 0 Å². The Hall–Kier alpha value is -0.136. The maximum absolute atomic E-state index is 13.1. The van der Waals surface area contributed by atoms with E-state index in [1.54, 1.807) is 0 Å². The van der Waals surface area contributed by atoms with Crippen molar-refractivity contribution in [3.05, 3.63) is 0 Å². The lowest BCUT2D eigenvalue weighted by Crippen LogP contribution is -2.56. The molecule has 0 aliphatic rings.